The molecule has 18 heteroatoms. The summed E-state index contributed by atoms with van der Waals surface area (Å²) >= 11 is 0. The summed E-state index contributed by atoms with van der Waals surface area (Å²) in [4.78, 5) is 28.5. The number of halogens is 6. The number of carbonyl (C=O) groups excluding carboxylic acids is 2. The lowest BCUT2D eigenvalue weighted by Crippen LogP contribution is -2.79. The normalized spacial score (nSPS) is 29.0. The molecule has 0 bridgehead atoms. The number of alkyl halides is 6. The molecule has 0 aliphatic carbocycles. The van der Waals surface area contributed by atoms with Crippen molar-refractivity contribution in [3.05, 3.63) is 34.9 Å². The number of nitrogens with zero attached hydrogens (tertiary/aromatic N) is 2. The van der Waals surface area contributed by atoms with E-state index in [4.69, 9.17) is 21.9 Å². The maximum absolute atomic E-state index is 13.4. The molecule has 0 aromatic heterocycles. The number of hydrogen-bond acceptors (Lipinski definition) is 10. The summed E-state index contributed by atoms with van der Waals surface area (Å²) in [6, 6.07) is -2.82. The van der Waals surface area contributed by atoms with Gasteiger partial charge in [0.1, 0.15) is 6.54 Å². The van der Waals surface area contributed by atoms with Gasteiger partial charge >= 0.3 is 24.3 Å². The van der Waals surface area contributed by atoms with Gasteiger partial charge in [0.15, 0.2) is 24.1 Å². The van der Waals surface area contributed by atoms with E-state index in [0.717, 1.165) is 4.58 Å². The molecular formula is C18H18F6N7O5+. The number of nitrogens with two attached hydrogens (primary N) is 3. The van der Waals surface area contributed by atoms with Crippen LogP contribution in [0.25, 0.3) is 0 Å². The minimum atomic E-state index is -5.25. The second kappa shape index (κ2) is 7.60. The number of guanidine groups is 2. The molecule has 0 saturated carbocycles. The molecule has 2 unspecified atom stereocenters. The molecule has 1 saturated heterocycles. The summed E-state index contributed by atoms with van der Waals surface area (Å²) in [6.45, 7) is -0.713. The molecule has 3 aliphatic heterocycles. The van der Waals surface area contributed by atoms with E-state index in [-0.39, 0.29) is 18.2 Å². The number of hydrogen-bond donors (Lipinski definition) is 7. The van der Waals surface area contributed by atoms with E-state index in [1.807, 2.05) is 0 Å². The van der Waals surface area contributed by atoms with Crippen molar-refractivity contribution in [2.24, 2.45) is 22.2 Å². The highest BCUT2D eigenvalue weighted by molar-refractivity contribution is 5.92. The minimum Gasteiger partial charge on any atom is -0.449 e. The van der Waals surface area contributed by atoms with Crippen LogP contribution in [-0.4, -0.2) is 74.8 Å². The number of rotatable bonds is 3. The number of amides is 1. The van der Waals surface area contributed by atoms with E-state index >= 15 is 0 Å². The Hall–Kier alpha value is -3.80. The highest BCUT2D eigenvalue weighted by atomic mass is 19.4. The molecule has 1 spiro atoms. The first-order chi connectivity index (χ1) is 16.4. The lowest BCUT2D eigenvalue weighted by molar-refractivity contribution is -0.622. The van der Waals surface area contributed by atoms with Crippen molar-refractivity contribution < 1.29 is 55.5 Å². The Morgan fingerprint density at radius 3 is 2.33 bits per heavy atom. The quantitative estimate of drug-likeness (QED) is 0.0980. The van der Waals surface area contributed by atoms with E-state index in [2.05, 4.69) is 15.6 Å². The van der Waals surface area contributed by atoms with Gasteiger partial charge in [0.05, 0.1) is 16.7 Å². The Kier molecular flexibility index (Phi) is 5.34. The zero-order chi connectivity index (χ0) is 27.0. The third-order valence-electron chi connectivity index (χ3n) is 6.15. The fraction of sp³-hybridized carbons (Fsp3) is 0.444. The molecule has 1 aromatic rings. The standard InChI is InChI=1S/C18H17F6N7O5/c19-17(20,21)5-1-2-7(18(22,23)24)6(3-5)12(33)36-8-4-31-14(27)28-9(11(25)32)10-15(31,16(8,34)35)30-13(26)29-10/h1-3,8-10,34-35H,4H2,(H7,25,26,27,28,29,30,32)/p+1/t8-,9+,10?,15?/m0/s1. The molecule has 1 amide bonds. The van der Waals surface area contributed by atoms with Crippen LogP contribution in [0.15, 0.2) is 23.2 Å². The van der Waals surface area contributed by atoms with Gasteiger partial charge in [-0.2, -0.15) is 26.3 Å². The Morgan fingerprint density at radius 1 is 1.14 bits per heavy atom. The van der Waals surface area contributed by atoms with Gasteiger partial charge in [-0.15, -0.1) is 0 Å². The topological polar surface area (TPSA) is 201 Å². The number of nitrogens with one attached hydrogen (secondary N) is 2. The summed E-state index contributed by atoms with van der Waals surface area (Å²) in [6.07, 6.45) is -12.5. The van der Waals surface area contributed by atoms with Crippen LogP contribution in [-0.2, 0) is 21.9 Å². The van der Waals surface area contributed by atoms with Gasteiger partial charge < -0.3 is 31.7 Å². The second-order valence-corrected chi connectivity index (χ2v) is 8.25. The summed E-state index contributed by atoms with van der Waals surface area (Å²) in [5.74, 6) is -7.04. The van der Waals surface area contributed by atoms with E-state index in [1.165, 1.54) is 0 Å². The third kappa shape index (κ3) is 3.55. The van der Waals surface area contributed by atoms with E-state index in [0.29, 0.717) is 0 Å². The van der Waals surface area contributed by atoms with E-state index in [1.54, 1.807) is 0 Å². The highest BCUT2D eigenvalue weighted by Gasteiger charge is 2.76. The summed E-state index contributed by atoms with van der Waals surface area (Å²) in [5.41, 5.74) is 9.73. The number of ether oxygens (including phenoxy) is 1. The molecule has 3 heterocycles. The summed E-state index contributed by atoms with van der Waals surface area (Å²) in [5, 5.41) is 27.0. The van der Waals surface area contributed by atoms with Crippen molar-refractivity contribution in [2.75, 3.05) is 6.54 Å². The molecule has 36 heavy (non-hydrogen) atoms. The van der Waals surface area contributed by atoms with Crippen LogP contribution in [0.3, 0.4) is 0 Å². The van der Waals surface area contributed by atoms with E-state index in [9.17, 15) is 46.1 Å². The molecule has 12 nitrogen and oxygen atoms in total. The maximum Gasteiger partial charge on any atom is 0.417 e. The van der Waals surface area contributed by atoms with Crippen molar-refractivity contribution in [1.29, 1.82) is 0 Å². The molecule has 10 N–H and O–H groups in total. The van der Waals surface area contributed by atoms with Crippen molar-refractivity contribution in [3.63, 3.8) is 0 Å². The Morgan fingerprint density at radius 2 is 1.78 bits per heavy atom. The van der Waals surface area contributed by atoms with Gasteiger partial charge in [-0.3, -0.25) is 15.8 Å². The first-order valence-corrected chi connectivity index (χ1v) is 9.92. The van der Waals surface area contributed by atoms with Gasteiger partial charge in [-0.1, -0.05) is 0 Å². The summed E-state index contributed by atoms with van der Waals surface area (Å²) < 4.78 is 85.4. The van der Waals surface area contributed by atoms with E-state index < -0.39 is 89.0 Å². The third-order valence-corrected chi connectivity index (χ3v) is 6.15. The number of aliphatic hydroxyl groups is 2. The molecule has 196 valence electrons. The van der Waals surface area contributed by atoms with Crippen molar-refractivity contribution >= 4 is 23.8 Å². The van der Waals surface area contributed by atoms with Crippen molar-refractivity contribution in [3.8, 4) is 0 Å². The predicted molar refractivity (Wildman–Crippen MR) is 105 cm³/mol. The molecule has 0 radical (unpaired) electrons. The highest BCUT2D eigenvalue weighted by Crippen LogP contribution is 2.43. The van der Waals surface area contributed by atoms with Gasteiger partial charge in [0.2, 0.25) is 5.66 Å². The fourth-order valence-corrected chi connectivity index (χ4v) is 4.56. The lowest BCUT2D eigenvalue weighted by Gasteiger charge is -2.42. The smallest absolute Gasteiger partial charge is 0.417 e. The maximum atomic E-state index is 13.4. The van der Waals surface area contributed by atoms with Crippen LogP contribution in [0.5, 0.6) is 0 Å². The Balaban J connectivity index is 1.76. The average Bonchev–Trinajstić information content (AvgIpc) is 3.20. The molecule has 4 rings (SSSR count). The number of benzene rings is 1. The fourth-order valence-electron chi connectivity index (χ4n) is 4.56. The first kappa shape index (κ1) is 25.3. The van der Waals surface area contributed by atoms with Crippen LogP contribution in [0.2, 0.25) is 0 Å². The number of primary amides is 1. The second-order valence-electron chi connectivity index (χ2n) is 8.25. The van der Waals surface area contributed by atoms with Crippen LogP contribution in [0.1, 0.15) is 21.5 Å². The van der Waals surface area contributed by atoms with Crippen molar-refractivity contribution in [1.82, 2.24) is 10.6 Å². The Bertz CT molecular complexity index is 1210. The van der Waals surface area contributed by atoms with Crippen LogP contribution < -0.4 is 27.8 Å². The molecule has 1 fully saturated rings. The van der Waals surface area contributed by atoms with Crippen LogP contribution in [0.4, 0.5) is 26.3 Å². The largest absolute Gasteiger partial charge is 0.449 e. The van der Waals surface area contributed by atoms with Gasteiger partial charge in [0.25, 0.3) is 11.7 Å². The zero-order valence-corrected chi connectivity index (χ0v) is 17.7. The zero-order valence-electron chi connectivity index (χ0n) is 17.7. The molecule has 3 aliphatic rings. The molecule has 1 aromatic carbocycles. The summed E-state index contributed by atoms with van der Waals surface area (Å²) in [7, 11) is 0. The molecular weight excluding hydrogens is 508 g/mol. The number of aliphatic imine (C=N–C) groups is 1. The van der Waals surface area contributed by atoms with Crippen molar-refractivity contribution in [2.45, 2.75) is 42.0 Å². The first-order valence-electron chi connectivity index (χ1n) is 9.92. The lowest BCUT2D eigenvalue weighted by atomic mass is 9.85. The van der Waals surface area contributed by atoms with Gasteiger partial charge in [-0.25, -0.2) is 14.4 Å². The monoisotopic (exact) mass is 526 g/mol. The Labute approximate surface area is 196 Å². The SMILES string of the molecule is NC(=O)[C@@H]1NC(N)=[N+]2C[C@H](OC(=O)c3cc(C(F)(F)F)ccc3C(F)(F)F)C(O)(O)C23NC(N)=NC13. The predicted octanol–water partition coefficient (Wildman–Crippen LogP) is -2.29. The molecule has 4 atom stereocenters. The van der Waals surface area contributed by atoms with Gasteiger partial charge in [-0.05, 0) is 18.2 Å². The van der Waals surface area contributed by atoms with Gasteiger partial charge in [0, 0.05) is 0 Å². The number of carbonyl (C=O) groups is 2. The average molecular weight is 526 g/mol. The number of esters is 1. The minimum absolute atomic E-state index is 0.0530. The van der Waals surface area contributed by atoms with Crippen LogP contribution in [0, 0.1) is 0 Å². The van der Waals surface area contributed by atoms with Crippen LogP contribution >= 0.6 is 0 Å².